The zero-order chi connectivity index (χ0) is 96.3. The predicted molar refractivity (Wildman–Crippen MR) is 559 cm³/mol. The fourth-order valence-corrected chi connectivity index (χ4v) is 9.97. The second-order valence-corrected chi connectivity index (χ2v) is 27.2. The van der Waals surface area contributed by atoms with Crippen molar-refractivity contribution in [3.63, 3.8) is 0 Å². The summed E-state index contributed by atoms with van der Waals surface area (Å²) < 4.78 is 0. The number of allylic oxidation sites excluding steroid dienone is 17. The Morgan fingerprint density at radius 1 is 0.161 bits per heavy atom. The molecule has 0 spiro atoms. The lowest BCUT2D eigenvalue weighted by atomic mass is 9.94. The molecule has 0 bridgehead atoms. The molecule has 0 fully saturated rings. The van der Waals surface area contributed by atoms with Crippen LogP contribution >= 0.6 is 0 Å². The van der Waals surface area contributed by atoms with Crippen LogP contribution in [0.3, 0.4) is 0 Å². The standard InChI is InChI=1S/C16H16.3C11H11N.3C11H14.C10H10N2.C10H13N.8C2H6/c1-13(2)16(14-9-5-3-6-10-14)15-11-7-4-8-12-15;3*1-9(2)11(8-12)10-6-4-3-5-7-10;3*1-9(2)10(3)11-7-5-4-6-8-11;1-8(2)10(7-11)9-3-5-12-6-4-9;1-8(2)9(3)10-4-6-11-7-5-10;8*1-2/h3-12H,1-2H3;3*3-7H,1-2H3;3*4-8H,1-3H3;3-6H,1-2H3;4-7H,1-3H3;8*1-2H3. The number of hydrogen-bond donors (Lipinski definition) is 0. The lowest BCUT2D eigenvalue weighted by Gasteiger charge is -2.10. The lowest BCUT2D eigenvalue weighted by molar-refractivity contribution is 1.29. The first kappa shape index (κ1) is 125. The van der Waals surface area contributed by atoms with E-state index in [0.29, 0.717) is 0 Å². The van der Waals surface area contributed by atoms with Crippen molar-refractivity contribution in [1.29, 1.82) is 21.0 Å². The van der Waals surface area contributed by atoms with E-state index in [9.17, 15) is 0 Å². The fourth-order valence-electron chi connectivity index (χ4n) is 9.97. The molecule has 0 amide bonds. The SMILES string of the molecule is CC.CC.CC.CC.CC.CC.CC.CC.CC(C)=C(C#N)c1ccccc1.CC(C)=C(C#N)c1ccccc1.CC(C)=C(C#N)c1ccccc1.CC(C)=C(C#N)c1ccncc1.CC(C)=C(C)c1ccccc1.CC(C)=C(C)c1ccccc1.CC(C)=C(C)c1ccccc1.CC(C)=C(C)c1ccncc1.CC(C)=C(c1ccccc1)c1ccccc1. The molecule has 0 radical (unpaired) electrons. The first-order valence-electron chi connectivity index (χ1n) is 44.5. The van der Waals surface area contributed by atoms with Crippen molar-refractivity contribution in [1.82, 2.24) is 9.97 Å². The number of nitrogens with zero attached hydrogens (tertiary/aromatic N) is 6. The summed E-state index contributed by atoms with van der Waals surface area (Å²) >= 11 is 0. The van der Waals surface area contributed by atoms with E-state index in [1.807, 2.05) is 312 Å². The second-order valence-electron chi connectivity index (χ2n) is 27.2. The third-order valence-electron chi connectivity index (χ3n) is 17.0. The van der Waals surface area contributed by atoms with Gasteiger partial charge in [-0.25, -0.2) is 0 Å². The van der Waals surface area contributed by atoms with Crippen LogP contribution in [0.4, 0.5) is 0 Å². The Bertz CT molecular complexity index is 4180. The van der Waals surface area contributed by atoms with E-state index in [1.54, 1.807) is 12.4 Å². The largest absolute Gasteiger partial charge is 0.265 e. The summed E-state index contributed by atoms with van der Waals surface area (Å²) in [5.41, 5.74) is 32.7. The maximum absolute atomic E-state index is 8.84. The molecular formula is C118H162N6. The monoisotopic (exact) mass is 1660 g/mol. The molecule has 8 aromatic carbocycles. The van der Waals surface area contributed by atoms with E-state index in [2.05, 4.69) is 265 Å². The second kappa shape index (κ2) is 84.3. The van der Waals surface area contributed by atoms with Gasteiger partial charge < -0.3 is 0 Å². The summed E-state index contributed by atoms with van der Waals surface area (Å²) in [5.74, 6) is 0. The van der Waals surface area contributed by atoms with E-state index in [4.69, 9.17) is 21.0 Å². The van der Waals surface area contributed by atoms with Gasteiger partial charge in [0.05, 0.1) is 46.6 Å². The van der Waals surface area contributed by atoms with Crippen LogP contribution in [-0.4, -0.2) is 9.97 Å². The van der Waals surface area contributed by atoms with Crippen LogP contribution in [0.25, 0.3) is 50.2 Å². The van der Waals surface area contributed by atoms with Crippen LogP contribution in [-0.2, 0) is 0 Å². The van der Waals surface area contributed by atoms with Crippen LogP contribution in [0.2, 0.25) is 0 Å². The summed E-state index contributed by atoms with van der Waals surface area (Å²) in [7, 11) is 0. The number of aromatic nitrogens is 2. The molecule has 6 nitrogen and oxygen atoms in total. The molecular weight excluding hydrogens is 1500 g/mol. The Labute approximate surface area is 761 Å². The molecule has 0 atom stereocenters. The molecule has 0 saturated carbocycles. The average molecular weight is 1660 g/mol. The van der Waals surface area contributed by atoms with Gasteiger partial charge in [-0.05, 0) is 260 Å². The van der Waals surface area contributed by atoms with Crippen LogP contribution in [0.5, 0.6) is 0 Å². The van der Waals surface area contributed by atoms with E-state index >= 15 is 0 Å². The Hall–Kier alpha value is -12.3. The van der Waals surface area contributed by atoms with Crippen LogP contribution in [0, 0.1) is 45.3 Å². The maximum Gasteiger partial charge on any atom is 0.0997 e. The number of hydrogen-bond acceptors (Lipinski definition) is 6. The molecule has 0 aliphatic rings. The van der Waals surface area contributed by atoms with Gasteiger partial charge >= 0.3 is 0 Å². The molecule has 2 heterocycles. The minimum absolute atomic E-state index is 0.734. The average Bonchev–Trinajstić information content (AvgIpc) is 0.836. The summed E-state index contributed by atoms with van der Waals surface area (Å²) in [5, 5.41) is 35.3. The maximum atomic E-state index is 8.84. The highest BCUT2D eigenvalue weighted by molar-refractivity contribution is 5.83. The van der Waals surface area contributed by atoms with Crippen molar-refractivity contribution in [2.24, 2.45) is 0 Å². The first-order valence-corrected chi connectivity index (χ1v) is 44.5. The first-order chi connectivity index (χ1) is 59.7. The van der Waals surface area contributed by atoms with Gasteiger partial charge in [0.1, 0.15) is 0 Å². The zero-order valence-electron chi connectivity index (χ0n) is 84.4. The van der Waals surface area contributed by atoms with Crippen molar-refractivity contribution in [2.45, 2.75) is 263 Å². The highest BCUT2D eigenvalue weighted by Gasteiger charge is 2.07. The van der Waals surface area contributed by atoms with Crippen molar-refractivity contribution in [2.75, 3.05) is 0 Å². The van der Waals surface area contributed by atoms with Crippen molar-refractivity contribution < 1.29 is 0 Å². The van der Waals surface area contributed by atoms with Gasteiger partial charge in [0.15, 0.2) is 0 Å². The highest BCUT2D eigenvalue weighted by atomic mass is 14.6. The predicted octanol–water partition coefficient (Wildman–Crippen LogP) is 37.5. The molecule has 0 aliphatic carbocycles. The molecule has 664 valence electrons. The third kappa shape index (κ3) is 56.3. The van der Waals surface area contributed by atoms with E-state index < -0.39 is 0 Å². The van der Waals surface area contributed by atoms with Crippen molar-refractivity contribution in [3.05, 3.63) is 397 Å². The van der Waals surface area contributed by atoms with Gasteiger partial charge in [0, 0.05) is 24.8 Å². The van der Waals surface area contributed by atoms with Crippen LogP contribution in [0.1, 0.15) is 319 Å². The summed E-state index contributed by atoms with van der Waals surface area (Å²) in [6, 6.07) is 98.2. The summed E-state index contributed by atoms with van der Waals surface area (Å²) in [4.78, 5) is 7.85. The molecule has 0 aliphatic heterocycles. The van der Waals surface area contributed by atoms with Gasteiger partial charge in [-0.15, -0.1) is 0 Å². The minimum atomic E-state index is 0.734. The molecule has 0 saturated heterocycles. The number of benzene rings is 8. The third-order valence-corrected chi connectivity index (χ3v) is 17.0. The van der Waals surface area contributed by atoms with Gasteiger partial charge in [-0.1, -0.05) is 404 Å². The topological polar surface area (TPSA) is 121 Å². The molecule has 6 heteroatoms. The molecule has 10 rings (SSSR count). The smallest absolute Gasteiger partial charge is 0.0997 e. The number of pyridine rings is 2. The fraction of sp³-hybridized carbons (Fsp3) is 0.322. The van der Waals surface area contributed by atoms with Gasteiger partial charge in [0.2, 0.25) is 0 Å². The van der Waals surface area contributed by atoms with Crippen molar-refractivity contribution >= 4 is 50.2 Å². The summed E-state index contributed by atoms with van der Waals surface area (Å²) in [6.07, 6.45) is 7.02. The van der Waals surface area contributed by atoms with Gasteiger partial charge in [-0.2, -0.15) is 21.0 Å². The molecule has 2 aromatic heterocycles. The van der Waals surface area contributed by atoms with E-state index in [-0.39, 0.29) is 0 Å². The molecule has 0 N–H and O–H groups in total. The molecule has 0 unspecified atom stereocenters. The molecule has 124 heavy (non-hydrogen) atoms. The molecule has 10 aromatic rings. The minimum Gasteiger partial charge on any atom is -0.265 e. The van der Waals surface area contributed by atoms with E-state index in [1.165, 1.54) is 89.1 Å². The number of nitriles is 4. The quantitative estimate of drug-likeness (QED) is 0.126. The Balaban J connectivity index is -0.000000244. The lowest BCUT2D eigenvalue weighted by Crippen LogP contribution is -1.89. The van der Waals surface area contributed by atoms with Gasteiger partial charge in [-0.3, -0.25) is 9.97 Å². The Morgan fingerprint density at radius 3 is 0.427 bits per heavy atom. The van der Waals surface area contributed by atoms with Gasteiger partial charge in [0.25, 0.3) is 0 Å². The zero-order valence-corrected chi connectivity index (χ0v) is 84.4. The highest BCUT2D eigenvalue weighted by Crippen LogP contribution is 2.27. The normalized spacial score (nSPS) is 8.37. The van der Waals surface area contributed by atoms with Crippen molar-refractivity contribution in [3.8, 4) is 24.3 Å². The number of rotatable bonds is 10. The van der Waals surface area contributed by atoms with Crippen LogP contribution < -0.4 is 0 Å². The van der Waals surface area contributed by atoms with Crippen LogP contribution in [0.15, 0.2) is 342 Å². The summed E-state index contributed by atoms with van der Waals surface area (Å²) in [6.45, 7) is 77.6. The van der Waals surface area contributed by atoms with E-state index in [0.717, 1.165) is 66.8 Å². The Kier molecular flexibility index (Phi) is 84.9. The Morgan fingerprint density at radius 2 is 0.290 bits per heavy atom.